The standard InChI is InChI=1S/C33H43N3O3/c1-24(19-25-11-6-4-7-12-25)31(38)35-18-16-33(39,32(2,3)22-35)23-36-21-28(29-15-10-17-34-29)27(20-30(36)37)26-13-8-5-9-14-26/h5,8-10,13-15,17,20-21,24-25,34,39H,4,6-7,11-12,16,18-19,22-23H2,1-3H3/t24-,33?/m1/s1. The number of pyridine rings is 1. The molecule has 208 valence electrons. The normalized spacial score (nSPS) is 22.5. The Morgan fingerprint density at radius 3 is 2.49 bits per heavy atom. The van der Waals surface area contributed by atoms with Crippen molar-refractivity contribution in [1.29, 1.82) is 0 Å². The monoisotopic (exact) mass is 529 g/mol. The zero-order chi connectivity index (χ0) is 27.6. The molecule has 2 aromatic heterocycles. The molecule has 2 N–H and O–H groups in total. The fourth-order valence-corrected chi connectivity index (χ4v) is 6.73. The van der Waals surface area contributed by atoms with Crippen LogP contribution in [-0.2, 0) is 11.3 Å². The van der Waals surface area contributed by atoms with Crippen LogP contribution >= 0.6 is 0 Å². The fraction of sp³-hybridized carbons (Fsp3) is 0.515. The van der Waals surface area contributed by atoms with Gasteiger partial charge in [0, 0.05) is 54.1 Å². The van der Waals surface area contributed by atoms with Crippen LogP contribution in [0.5, 0.6) is 0 Å². The summed E-state index contributed by atoms with van der Waals surface area (Å²) in [5.41, 5.74) is 1.82. The van der Waals surface area contributed by atoms with Crippen LogP contribution in [0.15, 0.2) is 65.7 Å². The number of hydrogen-bond donors (Lipinski definition) is 2. The lowest BCUT2D eigenvalue weighted by molar-refractivity contribution is -0.157. The lowest BCUT2D eigenvalue weighted by Gasteiger charge is -2.51. The average Bonchev–Trinajstić information content (AvgIpc) is 3.47. The molecule has 3 heterocycles. The number of piperidine rings is 1. The van der Waals surface area contributed by atoms with Crippen LogP contribution in [0.2, 0.25) is 0 Å². The molecule has 0 radical (unpaired) electrons. The Hall–Kier alpha value is -3.12. The first kappa shape index (κ1) is 27.4. The van der Waals surface area contributed by atoms with Gasteiger partial charge in [-0.15, -0.1) is 0 Å². The second kappa shape index (κ2) is 11.2. The Labute approximate surface area is 232 Å². The maximum atomic E-state index is 13.4. The number of aromatic nitrogens is 2. The molecule has 1 aliphatic carbocycles. The third-order valence-electron chi connectivity index (χ3n) is 9.32. The van der Waals surface area contributed by atoms with E-state index in [2.05, 4.69) is 11.9 Å². The van der Waals surface area contributed by atoms with Gasteiger partial charge in [0.15, 0.2) is 0 Å². The number of amides is 1. The number of likely N-dealkylation sites (tertiary alicyclic amines) is 1. The number of rotatable bonds is 7. The van der Waals surface area contributed by atoms with Crippen molar-refractivity contribution in [2.24, 2.45) is 17.3 Å². The van der Waals surface area contributed by atoms with E-state index in [-0.39, 0.29) is 23.9 Å². The largest absolute Gasteiger partial charge is 0.387 e. The van der Waals surface area contributed by atoms with E-state index in [1.165, 1.54) is 32.1 Å². The van der Waals surface area contributed by atoms with Gasteiger partial charge in [-0.3, -0.25) is 9.59 Å². The SMILES string of the molecule is C[C@H](CC1CCCCC1)C(=O)N1CCC(O)(Cn2cc(-c3ccc[nH]3)c(-c3ccccc3)cc2=O)C(C)(C)C1. The second-order valence-electron chi connectivity index (χ2n) is 12.6. The van der Waals surface area contributed by atoms with E-state index in [0.717, 1.165) is 28.8 Å². The highest BCUT2D eigenvalue weighted by molar-refractivity contribution is 5.81. The second-order valence-corrected chi connectivity index (χ2v) is 12.6. The van der Waals surface area contributed by atoms with Crippen LogP contribution < -0.4 is 5.56 Å². The summed E-state index contributed by atoms with van der Waals surface area (Å²) in [6.45, 7) is 7.29. The molecule has 1 amide bonds. The topological polar surface area (TPSA) is 78.3 Å². The smallest absolute Gasteiger partial charge is 0.251 e. The summed E-state index contributed by atoms with van der Waals surface area (Å²) in [6, 6.07) is 15.5. The summed E-state index contributed by atoms with van der Waals surface area (Å²) in [5, 5.41) is 12.0. The van der Waals surface area contributed by atoms with Gasteiger partial charge < -0.3 is 19.6 Å². The number of nitrogens with zero attached hydrogens (tertiary/aromatic N) is 2. The molecule has 5 rings (SSSR count). The molecule has 1 unspecified atom stereocenters. The van der Waals surface area contributed by atoms with E-state index in [4.69, 9.17) is 0 Å². The third kappa shape index (κ3) is 5.76. The molecule has 2 aliphatic rings. The van der Waals surface area contributed by atoms with Crippen molar-refractivity contribution in [3.05, 3.63) is 71.3 Å². The summed E-state index contributed by atoms with van der Waals surface area (Å²) in [5.74, 6) is 0.868. The number of aromatic amines is 1. The van der Waals surface area contributed by atoms with E-state index >= 15 is 0 Å². The maximum absolute atomic E-state index is 13.4. The lowest BCUT2D eigenvalue weighted by Crippen LogP contribution is -2.61. The summed E-state index contributed by atoms with van der Waals surface area (Å²) in [7, 11) is 0. The Bertz CT molecular complexity index is 1320. The molecular weight excluding hydrogens is 486 g/mol. The van der Waals surface area contributed by atoms with Crippen LogP contribution in [0.3, 0.4) is 0 Å². The molecule has 1 saturated heterocycles. The van der Waals surface area contributed by atoms with Crippen molar-refractivity contribution in [2.75, 3.05) is 13.1 Å². The van der Waals surface area contributed by atoms with Gasteiger partial charge in [-0.1, -0.05) is 83.2 Å². The molecule has 0 spiro atoms. The van der Waals surface area contributed by atoms with Gasteiger partial charge in [0.25, 0.3) is 5.56 Å². The number of H-pyrrole nitrogens is 1. The van der Waals surface area contributed by atoms with Crippen molar-refractivity contribution in [3.63, 3.8) is 0 Å². The first-order chi connectivity index (χ1) is 18.7. The fourth-order valence-electron chi connectivity index (χ4n) is 6.73. The van der Waals surface area contributed by atoms with Gasteiger partial charge in [-0.05, 0) is 42.0 Å². The van der Waals surface area contributed by atoms with E-state index in [0.29, 0.717) is 25.4 Å². The van der Waals surface area contributed by atoms with Crippen LogP contribution in [0.4, 0.5) is 0 Å². The molecule has 1 saturated carbocycles. The number of aliphatic hydroxyl groups is 1. The minimum absolute atomic E-state index is 0.00611. The van der Waals surface area contributed by atoms with E-state index in [1.807, 2.05) is 73.6 Å². The molecule has 6 heteroatoms. The van der Waals surface area contributed by atoms with E-state index in [9.17, 15) is 14.7 Å². The highest BCUT2D eigenvalue weighted by atomic mass is 16.3. The van der Waals surface area contributed by atoms with Crippen LogP contribution in [0.1, 0.15) is 65.7 Å². The summed E-state index contributed by atoms with van der Waals surface area (Å²) < 4.78 is 1.65. The number of hydrogen-bond acceptors (Lipinski definition) is 3. The highest BCUT2D eigenvalue weighted by Crippen LogP contribution is 2.41. The van der Waals surface area contributed by atoms with E-state index in [1.54, 1.807) is 10.6 Å². The van der Waals surface area contributed by atoms with Crippen molar-refractivity contribution >= 4 is 5.91 Å². The molecule has 6 nitrogen and oxygen atoms in total. The Morgan fingerprint density at radius 1 is 1.08 bits per heavy atom. The lowest BCUT2D eigenvalue weighted by atomic mass is 9.69. The van der Waals surface area contributed by atoms with Gasteiger partial charge >= 0.3 is 0 Å². The number of carbonyl (C=O) groups excluding carboxylic acids is 1. The predicted molar refractivity (Wildman–Crippen MR) is 156 cm³/mol. The number of nitrogens with one attached hydrogen (secondary N) is 1. The van der Waals surface area contributed by atoms with Crippen molar-refractivity contribution < 1.29 is 9.90 Å². The van der Waals surface area contributed by atoms with Gasteiger partial charge in [0.1, 0.15) is 0 Å². The quantitative estimate of drug-likeness (QED) is 0.388. The minimum atomic E-state index is -1.12. The molecule has 1 aliphatic heterocycles. The maximum Gasteiger partial charge on any atom is 0.251 e. The van der Waals surface area contributed by atoms with Gasteiger partial charge in [0.05, 0.1) is 12.1 Å². The third-order valence-corrected chi connectivity index (χ3v) is 9.32. The molecule has 0 bridgehead atoms. The van der Waals surface area contributed by atoms with Gasteiger partial charge in [-0.2, -0.15) is 0 Å². The summed E-state index contributed by atoms with van der Waals surface area (Å²) in [6.07, 6.45) is 11.5. The Balaban J connectivity index is 1.36. The Morgan fingerprint density at radius 2 is 1.82 bits per heavy atom. The zero-order valence-corrected chi connectivity index (χ0v) is 23.7. The molecular formula is C33H43N3O3. The van der Waals surface area contributed by atoms with E-state index < -0.39 is 11.0 Å². The van der Waals surface area contributed by atoms with Crippen molar-refractivity contribution in [1.82, 2.24) is 14.5 Å². The minimum Gasteiger partial charge on any atom is -0.387 e. The summed E-state index contributed by atoms with van der Waals surface area (Å²) >= 11 is 0. The summed E-state index contributed by atoms with van der Waals surface area (Å²) in [4.78, 5) is 32.0. The average molecular weight is 530 g/mol. The van der Waals surface area contributed by atoms with Crippen molar-refractivity contribution in [3.8, 4) is 22.4 Å². The first-order valence-corrected chi connectivity index (χ1v) is 14.6. The predicted octanol–water partition coefficient (Wildman–Crippen LogP) is 6.11. The number of benzene rings is 1. The molecule has 1 aromatic carbocycles. The molecule has 2 atom stereocenters. The first-order valence-electron chi connectivity index (χ1n) is 14.6. The van der Waals surface area contributed by atoms with Crippen LogP contribution in [0, 0.1) is 17.3 Å². The van der Waals surface area contributed by atoms with Crippen molar-refractivity contribution in [2.45, 2.75) is 77.9 Å². The number of carbonyl (C=O) groups is 1. The highest BCUT2D eigenvalue weighted by Gasteiger charge is 2.49. The van der Waals surface area contributed by atoms with Crippen LogP contribution in [-0.4, -0.2) is 44.2 Å². The molecule has 2 fully saturated rings. The zero-order valence-electron chi connectivity index (χ0n) is 23.7. The van der Waals surface area contributed by atoms with Gasteiger partial charge in [0.2, 0.25) is 5.91 Å². The van der Waals surface area contributed by atoms with Gasteiger partial charge in [-0.25, -0.2) is 0 Å². The van der Waals surface area contributed by atoms with Crippen LogP contribution in [0.25, 0.3) is 22.4 Å². The molecule has 3 aromatic rings. The Kier molecular flexibility index (Phi) is 7.86. The molecule has 39 heavy (non-hydrogen) atoms.